The van der Waals surface area contributed by atoms with Crippen LogP contribution in [-0.4, -0.2) is 23.0 Å². The molecule has 2 aromatic heterocycles. The molecule has 3 N–H and O–H groups in total. The van der Waals surface area contributed by atoms with Gasteiger partial charge in [0.1, 0.15) is 16.8 Å². The van der Waals surface area contributed by atoms with Crippen LogP contribution in [0, 0.1) is 22.7 Å². The number of nitrogens with zero attached hydrogens (tertiary/aromatic N) is 1. The second kappa shape index (κ2) is 15.2. The Labute approximate surface area is 288 Å². The van der Waals surface area contributed by atoms with Crippen molar-refractivity contribution in [2.75, 3.05) is 10.6 Å². The van der Waals surface area contributed by atoms with Crippen molar-refractivity contribution in [3.8, 4) is 6.07 Å². The van der Waals surface area contributed by atoms with Crippen molar-refractivity contribution in [1.82, 2.24) is 5.32 Å². The predicted octanol–water partition coefficient (Wildman–Crippen LogP) is 8.75. The monoisotopic (exact) mass is 682 g/mol. The molecule has 0 bridgehead atoms. The van der Waals surface area contributed by atoms with Gasteiger partial charge in [-0.05, 0) is 90.4 Å². The number of amides is 3. The van der Waals surface area contributed by atoms with E-state index in [-0.39, 0.29) is 22.9 Å². The molecular weight excluding hydrogens is 645 g/mol. The first-order valence-electron chi connectivity index (χ1n) is 15.6. The van der Waals surface area contributed by atoms with E-state index >= 15 is 0 Å². The second-order valence-electron chi connectivity index (χ2n) is 12.5. The quantitative estimate of drug-likeness (QED) is 0.114. The van der Waals surface area contributed by atoms with Crippen LogP contribution in [0.1, 0.15) is 71.8 Å². The van der Waals surface area contributed by atoms with Crippen molar-refractivity contribution in [2.24, 2.45) is 11.3 Å². The maximum Gasteiger partial charge on any atom is 0.272 e. The van der Waals surface area contributed by atoms with Crippen LogP contribution >= 0.6 is 34.4 Å². The number of hydrogen-bond acceptors (Lipinski definition) is 7. The minimum atomic E-state index is -0.464. The molecule has 10 heteroatoms. The van der Waals surface area contributed by atoms with Gasteiger partial charge >= 0.3 is 0 Å². The van der Waals surface area contributed by atoms with Crippen LogP contribution in [0.15, 0.2) is 82.7 Å². The Morgan fingerprint density at radius 2 is 1.85 bits per heavy atom. The fourth-order valence-electron chi connectivity index (χ4n) is 5.51. The average Bonchev–Trinajstić information content (AvgIpc) is 3.70. The lowest BCUT2D eigenvalue weighted by molar-refractivity contribution is -0.116. The van der Waals surface area contributed by atoms with Crippen LogP contribution in [0.4, 0.5) is 10.7 Å². The molecule has 0 fully saturated rings. The first kappa shape index (κ1) is 34.2. The highest BCUT2D eigenvalue weighted by Crippen LogP contribution is 2.44. The number of nitriles is 1. The van der Waals surface area contributed by atoms with Crippen molar-refractivity contribution in [1.29, 1.82) is 5.26 Å². The summed E-state index contributed by atoms with van der Waals surface area (Å²) in [6, 6.07) is 22.1. The molecule has 5 rings (SSSR count). The first-order valence-corrected chi connectivity index (χ1v) is 18.2. The molecule has 1 aliphatic rings. The largest absolute Gasteiger partial charge is 0.321 e. The highest BCUT2D eigenvalue weighted by atomic mass is 32.2. The Kier molecular flexibility index (Phi) is 11.0. The molecular formula is C37H38N4O3S3. The van der Waals surface area contributed by atoms with Crippen molar-refractivity contribution in [3.05, 3.63) is 104 Å². The lowest BCUT2D eigenvalue weighted by Gasteiger charge is -2.33. The minimum absolute atomic E-state index is 0.117. The highest BCUT2D eigenvalue weighted by Gasteiger charge is 2.33. The fraction of sp³-hybridized carbons (Fsp3) is 0.297. The maximum atomic E-state index is 13.5. The molecule has 2 atom stereocenters. The molecule has 0 saturated carbocycles. The first-order chi connectivity index (χ1) is 22.5. The van der Waals surface area contributed by atoms with Crippen LogP contribution in [-0.2, 0) is 22.4 Å². The van der Waals surface area contributed by atoms with Crippen LogP contribution in [0.25, 0.3) is 6.08 Å². The summed E-state index contributed by atoms with van der Waals surface area (Å²) in [5, 5.41) is 20.9. The van der Waals surface area contributed by atoms with Gasteiger partial charge in [0.05, 0.1) is 10.8 Å². The van der Waals surface area contributed by atoms with Gasteiger partial charge < -0.3 is 16.0 Å². The summed E-state index contributed by atoms with van der Waals surface area (Å²) in [6.07, 6.45) is 5.06. The third-order valence-corrected chi connectivity index (χ3v) is 11.6. The van der Waals surface area contributed by atoms with Gasteiger partial charge in [0.15, 0.2) is 0 Å². The summed E-state index contributed by atoms with van der Waals surface area (Å²) >= 11 is 4.40. The standard InChI is InChI=1S/C37H38N4O3S3/c1-5-31(35(44)41-36-29(22-38)28-17-16-24(37(2,3)4)19-32(28)47-36)46-27-14-9-13-25(20-27)39-34(43)30(21-26-15-10-18-45-26)40-33(42)23-11-7-6-8-12-23/h6-15,18,20-21,24,31H,5,16-17,19H2,1-4H3,(H,39,43)(H,40,42)(H,41,44)/b30-21-. The van der Waals surface area contributed by atoms with Gasteiger partial charge in [0.25, 0.3) is 11.8 Å². The van der Waals surface area contributed by atoms with Crippen LogP contribution in [0.5, 0.6) is 0 Å². The number of carbonyl (C=O) groups excluding carboxylic acids is 3. The second-order valence-corrected chi connectivity index (χ2v) is 15.9. The number of thioether (sulfide) groups is 1. The minimum Gasteiger partial charge on any atom is -0.321 e. The van der Waals surface area contributed by atoms with Gasteiger partial charge in [-0.2, -0.15) is 5.26 Å². The molecule has 3 amide bonds. The number of thiophene rings is 2. The van der Waals surface area contributed by atoms with E-state index in [1.807, 2.05) is 48.7 Å². The Morgan fingerprint density at radius 3 is 2.53 bits per heavy atom. The zero-order valence-corrected chi connectivity index (χ0v) is 29.3. The number of rotatable bonds is 10. The summed E-state index contributed by atoms with van der Waals surface area (Å²) < 4.78 is 0. The Bertz CT molecular complexity index is 1820. The van der Waals surface area contributed by atoms with Gasteiger partial charge in [-0.25, -0.2) is 0 Å². The summed E-state index contributed by atoms with van der Waals surface area (Å²) in [6.45, 7) is 8.74. The number of carbonyl (C=O) groups is 3. The summed E-state index contributed by atoms with van der Waals surface area (Å²) in [4.78, 5) is 42.7. The van der Waals surface area contributed by atoms with Gasteiger partial charge in [-0.15, -0.1) is 34.4 Å². The van der Waals surface area contributed by atoms with E-state index in [9.17, 15) is 19.6 Å². The van der Waals surface area contributed by atoms with E-state index in [1.54, 1.807) is 36.4 Å². The third kappa shape index (κ3) is 8.60. The number of fused-ring (bicyclic) bond motifs is 1. The molecule has 2 aromatic carbocycles. The van der Waals surface area contributed by atoms with Crippen LogP contribution in [0.3, 0.4) is 0 Å². The Morgan fingerprint density at radius 1 is 1.06 bits per heavy atom. The van der Waals surface area contributed by atoms with Crippen molar-refractivity contribution >= 4 is 68.9 Å². The predicted molar refractivity (Wildman–Crippen MR) is 194 cm³/mol. The molecule has 47 heavy (non-hydrogen) atoms. The molecule has 4 aromatic rings. The maximum absolute atomic E-state index is 13.5. The molecule has 2 unspecified atom stereocenters. The Hall–Kier alpha value is -4.17. The number of nitrogens with one attached hydrogen (secondary N) is 3. The zero-order valence-electron chi connectivity index (χ0n) is 26.9. The van der Waals surface area contributed by atoms with Gasteiger partial charge in [0, 0.05) is 25.9 Å². The average molecular weight is 683 g/mol. The molecule has 7 nitrogen and oxygen atoms in total. The lowest BCUT2D eigenvalue weighted by atomic mass is 9.72. The number of anilines is 2. The van der Waals surface area contributed by atoms with E-state index in [1.165, 1.54) is 39.3 Å². The van der Waals surface area contributed by atoms with Gasteiger partial charge in [0.2, 0.25) is 5.91 Å². The highest BCUT2D eigenvalue weighted by molar-refractivity contribution is 8.00. The van der Waals surface area contributed by atoms with Crippen LogP contribution < -0.4 is 16.0 Å². The molecule has 0 aliphatic heterocycles. The summed E-state index contributed by atoms with van der Waals surface area (Å²) in [7, 11) is 0. The van der Waals surface area contributed by atoms with E-state index in [2.05, 4.69) is 42.8 Å². The summed E-state index contributed by atoms with van der Waals surface area (Å²) in [5.74, 6) is -0.462. The normalized spacial score (nSPS) is 15.2. The molecule has 0 saturated heterocycles. The summed E-state index contributed by atoms with van der Waals surface area (Å²) in [5.41, 5.74) is 2.97. The number of benzene rings is 2. The van der Waals surface area contributed by atoms with E-state index in [0.29, 0.717) is 34.2 Å². The van der Waals surface area contributed by atoms with E-state index < -0.39 is 11.2 Å². The molecule has 242 valence electrons. The Balaban J connectivity index is 1.28. The lowest BCUT2D eigenvalue weighted by Crippen LogP contribution is -2.30. The SMILES string of the molecule is CCC(Sc1cccc(NC(=O)/C(=C/c2cccs2)NC(=O)c2ccccc2)c1)C(=O)Nc1sc2c(c1C#N)CCC(C(C)(C)C)C2. The molecule has 0 radical (unpaired) electrons. The third-order valence-electron chi connectivity index (χ3n) is 8.23. The van der Waals surface area contributed by atoms with Crippen molar-refractivity contribution in [3.63, 3.8) is 0 Å². The van der Waals surface area contributed by atoms with E-state index in [0.717, 1.165) is 34.6 Å². The van der Waals surface area contributed by atoms with Crippen molar-refractivity contribution < 1.29 is 14.4 Å². The van der Waals surface area contributed by atoms with Crippen molar-refractivity contribution in [2.45, 2.75) is 63.5 Å². The van der Waals surface area contributed by atoms with E-state index in [4.69, 9.17) is 0 Å². The molecule has 1 aliphatic carbocycles. The van der Waals surface area contributed by atoms with Gasteiger partial charge in [-0.3, -0.25) is 14.4 Å². The molecule has 2 heterocycles. The smallest absolute Gasteiger partial charge is 0.272 e. The number of hydrogen-bond donors (Lipinski definition) is 3. The zero-order chi connectivity index (χ0) is 33.6. The fourth-order valence-corrected chi connectivity index (χ4v) is 8.47. The topological polar surface area (TPSA) is 111 Å². The molecule has 0 spiro atoms. The van der Waals surface area contributed by atoms with Gasteiger partial charge in [-0.1, -0.05) is 58.0 Å². The van der Waals surface area contributed by atoms with Crippen LogP contribution in [0.2, 0.25) is 0 Å².